The molecular formula is C20H17F3N4O4S. The topological polar surface area (TPSA) is 97.6 Å². The molecule has 2 aromatic heterocycles. The molecule has 0 unspecified atom stereocenters. The number of amides is 2. The normalized spacial score (nSPS) is 16.7. The molecule has 1 fully saturated rings. The summed E-state index contributed by atoms with van der Waals surface area (Å²) in [6, 6.07) is 11.4. The Morgan fingerprint density at radius 1 is 1.19 bits per heavy atom. The van der Waals surface area contributed by atoms with Crippen LogP contribution in [0.25, 0.3) is 10.7 Å². The standard InChI is InChI=1S/C20H17F3N4O4S/c21-20(22,23)19-25-16(26-31-19)14-6-7-15(32-14)17(28)24-10-13-11-30-9-8-27(13)18(29)12-4-2-1-3-5-12/h1-7,13H,8-11H2,(H,24,28)/t13-/m0/s1. The number of nitrogens with one attached hydrogen (secondary N) is 1. The lowest BCUT2D eigenvalue weighted by Gasteiger charge is -2.35. The second-order valence-corrected chi connectivity index (χ2v) is 7.97. The molecule has 8 nitrogen and oxygen atoms in total. The van der Waals surface area contributed by atoms with E-state index < -0.39 is 18.0 Å². The fourth-order valence-electron chi connectivity index (χ4n) is 3.15. The lowest BCUT2D eigenvalue weighted by Crippen LogP contribution is -2.53. The largest absolute Gasteiger partial charge is 0.471 e. The van der Waals surface area contributed by atoms with Crippen LogP contribution in [0.2, 0.25) is 0 Å². The van der Waals surface area contributed by atoms with Crippen molar-refractivity contribution >= 4 is 23.2 Å². The first-order valence-corrected chi connectivity index (χ1v) is 10.4. The van der Waals surface area contributed by atoms with E-state index in [-0.39, 0.29) is 40.7 Å². The third-order valence-electron chi connectivity index (χ3n) is 4.73. The third kappa shape index (κ3) is 4.81. The molecule has 0 saturated carbocycles. The number of benzene rings is 1. The summed E-state index contributed by atoms with van der Waals surface area (Å²) in [6.07, 6.45) is -4.74. The van der Waals surface area contributed by atoms with Gasteiger partial charge in [0.05, 0.1) is 29.0 Å². The Bertz CT molecular complexity index is 1100. The molecule has 32 heavy (non-hydrogen) atoms. The van der Waals surface area contributed by atoms with Gasteiger partial charge in [-0.15, -0.1) is 11.3 Å². The highest BCUT2D eigenvalue weighted by molar-refractivity contribution is 7.17. The molecule has 2 amide bonds. The van der Waals surface area contributed by atoms with Gasteiger partial charge in [-0.2, -0.15) is 18.2 Å². The average molecular weight is 466 g/mol. The molecule has 0 radical (unpaired) electrons. The van der Waals surface area contributed by atoms with Gasteiger partial charge >= 0.3 is 12.1 Å². The number of aromatic nitrogens is 2. The predicted octanol–water partition coefficient (Wildman–Crippen LogP) is 3.09. The summed E-state index contributed by atoms with van der Waals surface area (Å²) >= 11 is 0.932. The molecule has 4 rings (SSSR count). The molecule has 1 N–H and O–H groups in total. The summed E-state index contributed by atoms with van der Waals surface area (Å²) in [6.45, 7) is 1.24. The van der Waals surface area contributed by atoms with Crippen molar-refractivity contribution in [1.82, 2.24) is 20.4 Å². The van der Waals surface area contributed by atoms with Gasteiger partial charge in [0.15, 0.2) is 0 Å². The monoisotopic (exact) mass is 466 g/mol. The Morgan fingerprint density at radius 2 is 1.97 bits per heavy atom. The fourth-order valence-corrected chi connectivity index (χ4v) is 4.00. The third-order valence-corrected chi connectivity index (χ3v) is 5.81. The summed E-state index contributed by atoms with van der Waals surface area (Å²) in [5.74, 6) is -2.28. The van der Waals surface area contributed by atoms with Gasteiger partial charge in [0.2, 0.25) is 5.82 Å². The number of alkyl halides is 3. The van der Waals surface area contributed by atoms with Gasteiger partial charge in [-0.05, 0) is 24.3 Å². The number of rotatable bonds is 5. The zero-order chi connectivity index (χ0) is 22.7. The minimum atomic E-state index is -4.74. The fraction of sp³-hybridized carbons (Fsp3) is 0.300. The molecule has 1 saturated heterocycles. The van der Waals surface area contributed by atoms with Gasteiger partial charge in [0.1, 0.15) is 0 Å². The maximum absolute atomic E-state index is 12.8. The van der Waals surface area contributed by atoms with Gasteiger partial charge in [0, 0.05) is 18.7 Å². The van der Waals surface area contributed by atoms with Crippen LogP contribution in [0.5, 0.6) is 0 Å². The maximum atomic E-state index is 12.8. The highest BCUT2D eigenvalue weighted by Crippen LogP contribution is 2.31. The van der Waals surface area contributed by atoms with Crippen molar-refractivity contribution in [2.24, 2.45) is 0 Å². The van der Waals surface area contributed by atoms with Gasteiger partial charge < -0.3 is 19.5 Å². The van der Waals surface area contributed by atoms with Crippen LogP contribution in [0.1, 0.15) is 25.9 Å². The summed E-state index contributed by atoms with van der Waals surface area (Å²) in [5.41, 5.74) is 0.548. The lowest BCUT2D eigenvalue weighted by molar-refractivity contribution is -0.159. The number of carbonyl (C=O) groups is 2. The van der Waals surface area contributed by atoms with E-state index >= 15 is 0 Å². The van der Waals surface area contributed by atoms with Crippen molar-refractivity contribution in [2.75, 3.05) is 26.3 Å². The van der Waals surface area contributed by atoms with Gasteiger partial charge in [-0.1, -0.05) is 23.4 Å². The highest BCUT2D eigenvalue weighted by Gasteiger charge is 2.38. The molecule has 3 heterocycles. The molecule has 168 valence electrons. The molecule has 12 heteroatoms. The Kier molecular flexibility index (Phi) is 6.24. The van der Waals surface area contributed by atoms with E-state index in [1.165, 1.54) is 12.1 Å². The minimum Gasteiger partial charge on any atom is -0.377 e. The quantitative estimate of drug-likeness (QED) is 0.621. The molecular weight excluding hydrogens is 449 g/mol. The molecule has 0 bridgehead atoms. The summed E-state index contributed by atoms with van der Waals surface area (Å²) in [4.78, 5) is 30.9. The van der Waals surface area contributed by atoms with Crippen molar-refractivity contribution in [3.8, 4) is 10.7 Å². The second-order valence-electron chi connectivity index (χ2n) is 6.89. The Labute approximate surface area is 184 Å². The smallest absolute Gasteiger partial charge is 0.377 e. The number of thiophene rings is 1. The number of halogens is 3. The first-order valence-electron chi connectivity index (χ1n) is 9.56. The first-order chi connectivity index (χ1) is 15.3. The van der Waals surface area contributed by atoms with Crippen molar-refractivity contribution in [2.45, 2.75) is 12.2 Å². The van der Waals surface area contributed by atoms with Crippen molar-refractivity contribution in [3.63, 3.8) is 0 Å². The molecule has 1 aliphatic heterocycles. The van der Waals surface area contributed by atoms with Crippen LogP contribution in [0.4, 0.5) is 13.2 Å². The zero-order valence-corrected chi connectivity index (χ0v) is 17.3. The molecule has 0 aliphatic carbocycles. The van der Waals surface area contributed by atoms with E-state index in [2.05, 4.69) is 20.0 Å². The van der Waals surface area contributed by atoms with Crippen molar-refractivity contribution < 1.29 is 32.0 Å². The van der Waals surface area contributed by atoms with Gasteiger partial charge in [-0.3, -0.25) is 9.59 Å². The number of morpholine rings is 1. The van der Waals surface area contributed by atoms with E-state index in [1.807, 2.05) is 6.07 Å². The van der Waals surface area contributed by atoms with E-state index in [9.17, 15) is 22.8 Å². The maximum Gasteiger partial charge on any atom is 0.471 e. The second kappa shape index (κ2) is 9.09. The van der Waals surface area contributed by atoms with Crippen LogP contribution in [0, 0.1) is 0 Å². The number of hydrogen-bond acceptors (Lipinski definition) is 7. The van der Waals surface area contributed by atoms with E-state index in [4.69, 9.17) is 4.74 Å². The van der Waals surface area contributed by atoms with Crippen molar-refractivity contribution in [3.05, 3.63) is 58.8 Å². The number of ether oxygens (including phenoxy) is 1. The molecule has 1 atom stereocenters. The Hall–Kier alpha value is -3.25. The molecule has 3 aromatic rings. The summed E-state index contributed by atoms with van der Waals surface area (Å²) < 4.78 is 47.6. The summed E-state index contributed by atoms with van der Waals surface area (Å²) in [5, 5.41) is 6.07. The van der Waals surface area contributed by atoms with Crippen LogP contribution in [-0.4, -0.2) is 59.2 Å². The van der Waals surface area contributed by atoms with Crippen LogP contribution in [-0.2, 0) is 10.9 Å². The lowest BCUT2D eigenvalue weighted by atomic mass is 10.1. The molecule has 1 aromatic carbocycles. The zero-order valence-electron chi connectivity index (χ0n) is 16.5. The minimum absolute atomic E-state index is 0.149. The van der Waals surface area contributed by atoms with Gasteiger partial charge in [0.25, 0.3) is 11.8 Å². The number of hydrogen-bond donors (Lipinski definition) is 1. The van der Waals surface area contributed by atoms with Crippen LogP contribution < -0.4 is 5.32 Å². The average Bonchev–Trinajstić information content (AvgIpc) is 3.47. The van der Waals surface area contributed by atoms with Crippen LogP contribution >= 0.6 is 11.3 Å². The van der Waals surface area contributed by atoms with Crippen LogP contribution in [0.15, 0.2) is 47.0 Å². The van der Waals surface area contributed by atoms with Crippen molar-refractivity contribution in [1.29, 1.82) is 0 Å². The van der Waals surface area contributed by atoms with E-state index in [0.717, 1.165) is 11.3 Å². The van der Waals surface area contributed by atoms with E-state index in [0.29, 0.717) is 18.7 Å². The van der Waals surface area contributed by atoms with E-state index in [1.54, 1.807) is 29.2 Å². The molecule has 0 spiro atoms. The highest BCUT2D eigenvalue weighted by atomic mass is 32.1. The predicted molar refractivity (Wildman–Crippen MR) is 107 cm³/mol. The molecule has 1 aliphatic rings. The Balaban J connectivity index is 1.40. The number of carbonyl (C=O) groups excluding carboxylic acids is 2. The first kappa shape index (κ1) is 22.0. The Morgan fingerprint density at radius 3 is 2.69 bits per heavy atom. The SMILES string of the molecule is O=C(NC[C@H]1COCCN1C(=O)c1ccccc1)c1ccc(-c2noc(C(F)(F)F)n2)s1. The summed E-state index contributed by atoms with van der Waals surface area (Å²) in [7, 11) is 0. The van der Waals surface area contributed by atoms with Crippen LogP contribution in [0.3, 0.4) is 0 Å². The number of nitrogens with zero attached hydrogens (tertiary/aromatic N) is 3. The van der Waals surface area contributed by atoms with Gasteiger partial charge in [-0.25, -0.2) is 0 Å².